The van der Waals surface area contributed by atoms with E-state index in [1.807, 2.05) is 0 Å². The van der Waals surface area contributed by atoms with Gasteiger partial charge in [0.05, 0.1) is 12.4 Å². The molecule has 82 valence electrons. The van der Waals surface area contributed by atoms with Gasteiger partial charge < -0.3 is 5.32 Å². The van der Waals surface area contributed by atoms with Crippen molar-refractivity contribution in [3.05, 3.63) is 18.2 Å². The van der Waals surface area contributed by atoms with Gasteiger partial charge in [-0.2, -0.15) is 0 Å². The molecule has 15 heavy (non-hydrogen) atoms. The fourth-order valence-electron chi connectivity index (χ4n) is 1.97. The van der Waals surface area contributed by atoms with Crippen molar-refractivity contribution in [2.75, 3.05) is 5.32 Å². The summed E-state index contributed by atoms with van der Waals surface area (Å²) in [5.41, 5.74) is 0. The first-order valence-electron chi connectivity index (χ1n) is 5.48. The molecule has 2 rings (SSSR count). The van der Waals surface area contributed by atoms with E-state index in [2.05, 4.69) is 22.2 Å². The Hall–Kier alpha value is -1.19. The summed E-state index contributed by atoms with van der Waals surface area (Å²) in [6.07, 6.45) is 7.20. The van der Waals surface area contributed by atoms with Crippen molar-refractivity contribution in [3.8, 4) is 0 Å². The van der Waals surface area contributed by atoms with E-state index in [1.165, 1.54) is 25.2 Å². The first kappa shape index (κ1) is 10.3. The van der Waals surface area contributed by atoms with E-state index < -0.39 is 5.82 Å². The van der Waals surface area contributed by atoms with Gasteiger partial charge in [0.1, 0.15) is 0 Å². The molecule has 0 amide bonds. The lowest BCUT2D eigenvalue weighted by Gasteiger charge is -2.26. The molecule has 1 saturated carbocycles. The fourth-order valence-corrected chi connectivity index (χ4v) is 1.97. The Bertz CT molecular complexity index is 304. The van der Waals surface area contributed by atoms with E-state index in [0.717, 1.165) is 18.8 Å². The highest BCUT2D eigenvalue weighted by atomic mass is 19.1. The predicted octanol–water partition coefficient (Wildman–Crippen LogP) is 2.61. The van der Waals surface area contributed by atoms with Crippen LogP contribution in [0.1, 0.15) is 32.6 Å². The average Bonchev–Trinajstić information content (AvgIpc) is 2.25. The highest BCUT2D eigenvalue weighted by Gasteiger charge is 2.18. The number of halogens is 1. The van der Waals surface area contributed by atoms with Gasteiger partial charge in [0, 0.05) is 6.04 Å². The maximum Gasteiger partial charge on any atom is 0.222 e. The number of hydrogen-bond donors (Lipinski definition) is 1. The average molecular weight is 209 g/mol. The van der Waals surface area contributed by atoms with Crippen LogP contribution in [0.5, 0.6) is 0 Å². The van der Waals surface area contributed by atoms with Crippen molar-refractivity contribution in [2.24, 2.45) is 5.92 Å². The molecule has 3 nitrogen and oxygen atoms in total. The van der Waals surface area contributed by atoms with Crippen molar-refractivity contribution in [1.29, 1.82) is 0 Å². The Morgan fingerprint density at radius 2 is 1.80 bits per heavy atom. The van der Waals surface area contributed by atoms with Crippen LogP contribution < -0.4 is 5.32 Å². The molecule has 0 bridgehead atoms. The molecule has 1 aliphatic carbocycles. The van der Waals surface area contributed by atoms with E-state index in [9.17, 15) is 4.39 Å². The minimum atomic E-state index is -0.391. The Labute approximate surface area is 89.1 Å². The van der Waals surface area contributed by atoms with E-state index in [-0.39, 0.29) is 0 Å². The van der Waals surface area contributed by atoms with Crippen LogP contribution >= 0.6 is 0 Å². The lowest BCUT2D eigenvalue weighted by molar-refractivity contribution is 0.360. The summed E-state index contributed by atoms with van der Waals surface area (Å²) in [5, 5.41) is 3.24. The second-order valence-electron chi connectivity index (χ2n) is 4.33. The van der Waals surface area contributed by atoms with Gasteiger partial charge in [-0.15, -0.1) is 0 Å². The summed E-state index contributed by atoms with van der Waals surface area (Å²) in [7, 11) is 0. The summed E-state index contributed by atoms with van der Waals surface area (Å²) < 4.78 is 12.6. The number of rotatable bonds is 2. The van der Waals surface area contributed by atoms with Crippen LogP contribution in [0.15, 0.2) is 12.4 Å². The van der Waals surface area contributed by atoms with Gasteiger partial charge in [-0.1, -0.05) is 6.92 Å². The van der Waals surface area contributed by atoms with Crippen LogP contribution in [0.4, 0.5) is 10.3 Å². The van der Waals surface area contributed by atoms with E-state index in [1.54, 1.807) is 0 Å². The second kappa shape index (κ2) is 4.55. The molecule has 0 saturated heterocycles. The zero-order valence-corrected chi connectivity index (χ0v) is 8.91. The number of nitrogens with one attached hydrogen (secondary N) is 1. The monoisotopic (exact) mass is 209 g/mol. The molecule has 0 aromatic carbocycles. The summed E-state index contributed by atoms with van der Waals surface area (Å²) in [6, 6.07) is 0.451. The van der Waals surface area contributed by atoms with Gasteiger partial charge >= 0.3 is 0 Å². The Morgan fingerprint density at radius 3 is 2.40 bits per heavy atom. The highest BCUT2D eigenvalue weighted by molar-refractivity contribution is 5.24. The van der Waals surface area contributed by atoms with Crippen LogP contribution in [-0.4, -0.2) is 16.0 Å². The minimum Gasteiger partial charge on any atom is -0.351 e. The molecule has 1 aliphatic rings. The normalized spacial score (nSPS) is 26.3. The molecule has 0 atom stereocenters. The first-order chi connectivity index (χ1) is 7.24. The van der Waals surface area contributed by atoms with Crippen LogP contribution in [0.2, 0.25) is 0 Å². The largest absolute Gasteiger partial charge is 0.351 e. The smallest absolute Gasteiger partial charge is 0.222 e. The van der Waals surface area contributed by atoms with Crippen molar-refractivity contribution in [2.45, 2.75) is 38.6 Å². The molecular formula is C11H16FN3. The fraction of sp³-hybridized carbons (Fsp3) is 0.636. The molecular weight excluding hydrogens is 193 g/mol. The molecule has 0 aliphatic heterocycles. The van der Waals surface area contributed by atoms with E-state index >= 15 is 0 Å². The third-order valence-electron chi connectivity index (χ3n) is 2.97. The van der Waals surface area contributed by atoms with Crippen molar-refractivity contribution in [1.82, 2.24) is 9.97 Å². The van der Waals surface area contributed by atoms with Gasteiger partial charge in [-0.05, 0) is 31.6 Å². The molecule has 0 unspecified atom stereocenters. The van der Waals surface area contributed by atoms with Crippen LogP contribution in [-0.2, 0) is 0 Å². The Balaban J connectivity index is 1.89. The summed E-state index contributed by atoms with van der Waals surface area (Å²) >= 11 is 0. The summed E-state index contributed by atoms with van der Waals surface area (Å²) in [5.74, 6) is 0.978. The SMILES string of the molecule is CC1CCC(Nc2ncc(F)cn2)CC1. The maximum atomic E-state index is 12.6. The Morgan fingerprint density at radius 1 is 1.20 bits per heavy atom. The van der Waals surface area contributed by atoms with Gasteiger partial charge in [-0.3, -0.25) is 0 Å². The molecule has 1 aromatic heterocycles. The quantitative estimate of drug-likeness (QED) is 0.813. The predicted molar refractivity (Wildman–Crippen MR) is 57.0 cm³/mol. The highest BCUT2D eigenvalue weighted by Crippen LogP contribution is 2.24. The third kappa shape index (κ3) is 2.88. The number of hydrogen-bond acceptors (Lipinski definition) is 3. The van der Waals surface area contributed by atoms with Crippen molar-refractivity contribution >= 4 is 5.95 Å². The topological polar surface area (TPSA) is 37.8 Å². The lowest BCUT2D eigenvalue weighted by atomic mass is 9.87. The Kier molecular flexibility index (Phi) is 3.14. The number of nitrogens with zero attached hydrogens (tertiary/aromatic N) is 2. The second-order valence-corrected chi connectivity index (χ2v) is 4.33. The van der Waals surface area contributed by atoms with Crippen LogP contribution in [0.3, 0.4) is 0 Å². The maximum absolute atomic E-state index is 12.6. The standard InChI is InChI=1S/C11H16FN3/c1-8-2-4-10(5-3-8)15-11-13-6-9(12)7-14-11/h6-8,10H,2-5H2,1H3,(H,13,14,15). The first-order valence-corrected chi connectivity index (χ1v) is 5.48. The molecule has 1 heterocycles. The molecule has 0 radical (unpaired) electrons. The zero-order valence-electron chi connectivity index (χ0n) is 8.91. The van der Waals surface area contributed by atoms with E-state index in [0.29, 0.717) is 12.0 Å². The third-order valence-corrected chi connectivity index (χ3v) is 2.97. The van der Waals surface area contributed by atoms with Crippen molar-refractivity contribution in [3.63, 3.8) is 0 Å². The van der Waals surface area contributed by atoms with Gasteiger partial charge in [-0.25, -0.2) is 14.4 Å². The number of anilines is 1. The molecule has 1 aromatic rings. The van der Waals surface area contributed by atoms with Gasteiger partial charge in [0.25, 0.3) is 0 Å². The van der Waals surface area contributed by atoms with Gasteiger partial charge in [0.15, 0.2) is 5.82 Å². The number of aromatic nitrogens is 2. The lowest BCUT2D eigenvalue weighted by Crippen LogP contribution is -2.26. The zero-order chi connectivity index (χ0) is 10.7. The van der Waals surface area contributed by atoms with Crippen LogP contribution in [0, 0.1) is 11.7 Å². The van der Waals surface area contributed by atoms with E-state index in [4.69, 9.17) is 0 Å². The molecule has 1 N–H and O–H groups in total. The van der Waals surface area contributed by atoms with Crippen LogP contribution in [0.25, 0.3) is 0 Å². The molecule has 0 spiro atoms. The van der Waals surface area contributed by atoms with Crippen molar-refractivity contribution < 1.29 is 4.39 Å². The molecule has 4 heteroatoms. The summed E-state index contributed by atoms with van der Waals surface area (Å²) in [4.78, 5) is 7.79. The molecule has 1 fully saturated rings. The van der Waals surface area contributed by atoms with Gasteiger partial charge in [0.2, 0.25) is 5.95 Å². The summed E-state index contributed by atoms with van der Waals surface area (Å²) in [6.45, 7) is 2.28. The minimum absolute atomic E-state index is 0.391.